The maximum Gasteiger partial charge on any atom is 0.127 e. The molecule has 1 aliphatic carbocycles. The van der Waals surface area contributed by atoms with Gasteiger partial charge in [-0.1, -0.05) is 31.5 Å². The number of aliphatic hydroxyl groups is 1. The Balaban J connectivity index is 2.03. The molecule has 0 bridgehead atoms. The smallest absolute Gasteiger partial charge is 0.127 e. The zero-order valence-corrected chi connectivity index (χ0v) is 12.4. The molecule has 0 radical (unpaired) electrons. The molecule has 0 aromatic heterocycles. The van der Waals surface area contributed by atoms with Crippen LogP contribution in [-0.2, 0) is 6.42 Å². The van der Waals surface area contributed by atoms with Crippen molar-refractivity contribution in [3.05, 3.63) is 34.6 Å². The lowest BCUT2D eigenvalue weighted by molar-refractivity contribution is -0.0152. The van der Waals surface area contributed by atoms with Crippen LogP contribution in [0.3, 0.4) is 0 Å². The first-order valence-electron chi connectivity index (χ1n) is 7.06. The molecule has 0 aliphatic heterocycles. The normalized spacial score (nSPS) is 27.8. The molecule has 19 heavy (non-hydrogen) atoms. The summed E-state index contributed by atoms with van der Waals surface area (Å²) >= 11 is 5.75. The molecular weight excluding hydrogens is 263 g/mol. The van der Waals surface area contributed by atoms with Gasteiger partial charge >= 0.3 is 0 Å². The molecule has 0 atom stereocenters. The number of hydrogen-bond acceptors (Lipinski definition) is 1. The van der Waals surface area contributed by atoms with Gasteiger partial charge in [0.2, 0.25) is 0 Å². The second kappa shape index (κ2) is 5.80. The molecule has 1 aliphatic rings. The van der Waals surface area contributed by atoms with Crippen molar-refractivity contribution in [2.45, 2.75) is 51.6 Å². The van der Waals surface area contributed by atoms with Crippen molar-refractivity contribution < 1.29 is 9.50 Å². The molecule has 2 rings (SSSR count). The van der Waals surface area contributed by atoms with Crippen molar-refractivity contribution in [3.63, 3.8) is 0 Å². The standard InChI is InChI=1S/C16H22ClFO/c1-11(2)12-5-7-16(19,8-6-12)10-13-3-4-14(17)9-15(13)18/h3-4,9,11-12,19H,5-8,10H2,1-2H3. The van der Waals surface area contributed by atoms with Crippen molar-refractivity contribution >= 4 is 11.6 Å². The van der Waals surface area contributed by atoms with Gasteiger partial charge in [0.25, 0.3) is 0 Å². The van der Waals surface area contributed by atoms with E-state index < -0.39 is 5.60 Å². The van der Waals surface area contributed by atoms with Crippen LogP contribution in [0.25, 0.3) is 0 Å². The van der Waals surface area contributed by atoms with E-state index in [2.05, 4.69) is 13.8 Å². The van der Waals surface area contributed by atoms with E-state index in [-0.39, 0.29) is 5.82 Å². The summed E-state index contributed by atoms with van der Waals surface area (Å²) in [6.07, 6.45) is 3.98. The Bertz CT molecular complexity index is 436. The summed E-state index contributed by atoms with van der Waals surface area (Å²) in [5, 5.41) is 11.0. The molecule has 0 heterocycles. The summed E-state index contributed by atoms with van der Waals surface area (Å²) in [4.78, 5) is 0. The lowest BCUT2D eigenvalue weighted by Gasteiger charge is -2.37. The molecule has 1 saturated carbocycles. The number of benzene rings is 1. The van der Waals surface area contributed by atoms with Crippen molar-refractivity contribution in [3.8, 4) is 0 Å². The lowest BCUT2D eigenvalue weighted by Crippen LogP contribution is -2.37. The molecule has 0 saturated heterocycles. The minimum absolute atomic E-state index is 0.313. The Morgan fingerprint density at radius 3 is 2.53 bits per heavy atom. The van der Waals surface area contributed by atoms with Crippen LogP contribution in [-0.4, -0.2) is 10.7 Å². The van der Waals surface area contributed by atoms with Crippen LogP contribution in [0.15, 0.2) is 18.2 Å². The Morgan fingerprint density at radius 1 is 1.37 bits per heavy atom. The van der Waals surface area contributed by atoms with E-state index >= 15 is 0 Å². The number of halogens is 2. The van der Waals surface area contributed by atoms with Crippen LogP contribution in [0.2, 0.25) is 5.02 Å². The molecule has 1 aromatic carbocycles. The number of hydrogen-bond donors (Lipinski definition) is 1. The molecule has 1 nitrogen and oxygen atoms in total. The third-order valence-corrected chi connectivity index (χ3v) is 4.67. The van der Waals surface area contributed by atoms with Crippen LogP contribution in [0.4, 0.5) is 4.39 Å². The van der Waals surface area contributed by atoms with E-state index in [1.807, 2.05) is 0 Å². The van der Waals surface area contributed by atoms with Gasteiger partial charge < -0.3 is 5.11 Å². The van der Waals surface area contributed by atoms with Crippen molar-refractivity contribution in [2.24, 2.45) is 11.8 Å². The van der Waals surface area contributed by atoms with Gasteiger partial charge in [0.1, 0.15) is 5.82 Å². The van der Waals surface area contributed by atoms with Gasteiger partial charge in [0, 0.05) is 11.4 Å². The summed E-state index contributed by atoms with van der Waals surface area (Å²) in [7, 11) is 0. The van der Waals surface area contributed by atoms with Crippen LogP contribution in [0.1, 0.15) is 45.1 Å². The monoisotopic (exact) mass is 284 g/mol. The quantitative estimate of drug-likeness (QED) is 0.860. The van der Waals surface area contributed by atoms with E-state index in [9.17, 15) is 9.50 Å². The summed E-state index contributed by atoms with van der Waals surface area (Å²) in [6, 6.07) is 4.69. The van der Waals surface area contributed by atoms with Gasteiger partial charge in [-0.3, -0.25) is 0 Å². The average molecular weight is 285 g/mol. The van der Waals surface area contributed by atoms with E-state index in [4.69, 9.17) is 11.6 Å². The number of rotatable bonds is 3. The third-order valence-electron chi connectivity index (χ3n) is 4.44. The highest BCUT2D eigenvalue weighted by Gasteiger charge is 2.34. The molecular formula is C16H22ClFO. The molecule has 1 aromatic rings. The Morgan fingerprint density at radius 2 is 2.00 bits per heavy atom. The molecule has 0 spiro atoms. The van der Waals surface area contributed by atoms with E-state index in [1.54, 1.807) is 12.1 Å². The van der Waals surface area contributed by atoms with E-state index in [0.29, 0.717) is 28.8 Å². The van der Waals surface area contributed by atoms with Gasteiger partial charge in [0.05, 0.1) is 5.60 Å². The highest BCUT2D eigenvalue weighted by molar-refractivity contribution is 6.30. The lowest BCUT2D eigenvalue weighted by atomic mass is 9.72. The molecule has 3 heteroatoms. The molecule has 0 amide bonds. The van der Waals surface area contributed by atoms with Gasteiger partial charge in [-0.15, -0.1) is 0 Å². The molecule has 1 fully saturated rings. The first-order chi connectivity index (χ1) is 8.89. The fourth-order valence-corrected chi connectivity index (χ4v) is 3.20. The summed E-state index contributed by atoms with van der Waals surface area (Å²) in [5.41, 5.74) is -0.185. The minimum Gasteiger partial charge on any atom is -0.390 e. The summed E-state index contributed by atoms with van der Waals surface area (Å²) < 4.78 is 13.8. The fraction of sp³-hybridized carbons (Fsp3) is 0.625. The van der Waals surface area contributed by atoms with E-state index in [1.165, 1.54) is 6.07 Å². The second-order valence-electron chi connectivity index (χ2n) is 6.22. The van der Waals surface area contributed by atoms with Crippen molar-refractivity contribution in [2.75, 3.05) is 0 Å². The first kappa shape index (κ1) is 14.8. The largest absolute Gasteiger partial charge is 0.390 e. The van der Waals surface area contributed by atoms with Gasteiger partial charge in [-0.05, 0) is 55.2 Å². The topological polar surface area (TPSA) is 20.2 Å². The highest BCUT2D eigenvalue weighted by atomic mass is 35.5. The molecule has 0 unspecified atom stereocenters. The minimum atomic E-state index is -0.750. The maximum absolute atomic E-state index is 13.8. The van der Waals surface area contributed by atoms with Crippen LogP contribution in [0.5, 0.6) is 0 Å². The zero-order chi connectivity index (χ0) is 14.0. The van der Waals surface area contributed by atoms with Gasteiger partial charge in [-0.25, -0.2) is 4.39 Å². The Labute approximate surface area is 119 Å². The van der Waals surface area contributed by atoms with Crippen LogP contribution >= 0.6 is 11.6 Å². The Kier molecular flexibility index (Phi) is 4.52. The highest BCUT2D eigenvalue weighted by Crippen LogP contribution is 2.38. The zero-order valence-electron chi connectivity index (χ0n) is 11.6. The third kappa shape index (κ3) is 3.70. The first-order valence-corrected chi connectivity index (χ1v) is 7.44. The van der Waals surface area contributed by atoms with Gasteiger partial charge in [0.15, 0.2) is 0 Å². The van der Waals surface area contributed by atoms with Crippen molar-refractivity contribution in [1.29, 1.82) is 0 Å². The fourth-order valence-electron chi connectivity index (χ4n) is 3.04. The summed E-state index contributed by atoms with van der Waals surface area (Å²) in [6.45, 7) is 4.46. The van der Waals surface area contributed by atoms with Crippen LogP contribution in [0, 0.1) is 17.7 Å². The van der Waals surface area contributed by atoms with Crippen molar-refractivity contribution in [1.82, 2.24) is 0 Å². The SMILES string of the molecule is CC(C)C1CCC(O)(Cc2ccc(Cl)cc2F)CC1. The maximum atomic E-state index is 13.8. The predicted octanol–water partition coefficient (Wildman–Crippen LogP) is 4.60. The molecule has 1 N–H and O–H groups in total. The second-order valence-corrected chi connectivity index (χ2v) is 6.65. The Hall–Kier alpha value is -0.600. The average Bonchev–Trinajstić information content (AvgIpc) is 2.33. The predicted molar refractivity (Wildman–Crippen MR) is 76.9 cm³/mol. The van der Waals surface area contributed by atoms with E-state index in [0.717, 1.165) is 25.7 Å². The van der Waals surface area contributed by atoms with Gasteiger partial charge in [-0.2, -0.15) is 0 Å². The molecule has 106 valence electrons. The van der Waals surface area contributed by atoms with Crippen LogP contribution < -0.4 is 0 Å². The summed E-state index contributed by atoms with van der Waals surface area (Å²) in [5.74, 6) is 1.04.